The third kappa shape index (κ3) is 7.80. The molecule has 0 aromatic heterocycles. The molecule has 0 atom stereocenters. The number of esters is 2. The third-order valence-corrected chi connectivity index (χ3v) is 20.7. The lowest BCUT2D eigenvalue weighted by atomic mass is 9.49. The van der Waals surface area contributed by atoms with Crippen molar-refractivity contribution in [2.24, 2.45) is 46.8 Å². The van der Waals surface area contributed by atoms with Gasteiger partial charge >= 0.3 is 11.9 Å². The highest BCUT2D eigenvalue weighted by Crippen LogP contribution is 2.60. The van der Waals surface area contributed by atoms with Gasteiger partial charge in [-0.25, -0.2) is 4.79 Å². The van der Waals surface area contributed by atoms with Crippen molar-refractivity contribution in [2.75, 3.05) is 29.6 Å². The molecule has 2 aliphatic heterocycles. The minimum Gasteiger partial charge on any atom is -0.481 e. The summed E-state index contributed by atoms with van der Waals surface area (Å²) in [6.45, 7) is 4.27. The minimum absolute atomic E-state index is 0.0118. The second kappa shape index (κ2) is 16.1. The van der Waals surface area contributed by atoms with Gasteiger partial charge in [-0.3, -0.25) is 4.79 Å². The van der Waals surface area contributed by atoms with Crippen LogP contribution >= 0.6 is 0 Å². The van der Waals surface area contributed by atoms with Crippen molar-refractivity contribution in [2.45, 2.75) is 132 Å². The predicted octanol–water partition coefficient (Wildman–Crippen LogP) is 10.9. The Morgan fingerprint density at radius 1 is 0.649 bits per heavy atom. The van der Waals surface area contributed by atoms with Crippen LogP contribution in [0.1, 0.15) is 114 Å². The molecule has 57 heavy (non-hydrogen) atoms. The van der Waals surface area contributed by atoms with E-state index in [1.807, 2.05) is 0 Å². The number of ether oxygens (including phenoxy) is 3. The van der Waals surface area contributed by atoms with E-state index in [-0.39, 0.29) is 30.1 Å². The van der Waals surface area contributed by atoms with Gasteiger partial charge in [0.2, 0.25) is 0 Å². The molecular weight excluding hydrogens is 745 g/mol. The van der Waals surface area contributed by atoms with E-state index < -0.39 is 0 Å². The summed E-state index contributed by atoms with van der Waals surface area (Å²) in [6.07, 6.45) is 20.7. The van der Waals surface area contributed by atoms with Gasteiger partial charge in [-0.15, -0.1) is 0 Å². The van der Waals surface area contributed by atoms with Crippen molar-refractivity contribution in [1.82, 2.24) is 0 Å². The largest absolute Gasteiger partial charge is 0.481 e. The van der Waals surface area contributed by atoms with Gasteiger partial charge in [-0.05, 0) is 199 Å². The van der Waals surface area contributed by atoms with Crippen LogP contribution in [0.2, 0.25) is 0 Å². The summed E-state index contributed by atoms with van der Waals surface area (Å²) in [4.78, 5) is 29.0. The van der Waals surface area contributed by atoms with Crippen LogP contribution in [0, 0.1) is 60.7 Å². The highest BCUT2D eigenvalue weighted by Gasteiger charge is 2.56. The van der Waals surface area contributed by atoms with Crippen molar-refractivity contribution in [3.63, 3.8) is 0 Å². The molecule has 304 valence electrons. The Morgan fingerprint density at radius 2 is 1.19 bits per heavy atom. The first kappa shape index (κ1) is 38.6. The fourth-order valence-corrected chi connectivity index (χ4v) is 18.7. The predicted molar refractivity (Wildman–Crippen MR) is 232 cm³/mol. The number of hydrogen-bond acceptors (Lipinski definition) is 5. The Morgan fingerprint density at radius 3 is 1.81 bits per heavy atom. The van der Waals surface area contributed by atoms with Gasteiger partial charge in [-0.1, -0.05) is 18.2 Å². The van der Waals surface area contributed by atoms with E-state index >= 15 is 0 Å². The van der Waals surface area contributed by atoms with Gasteiger partial charge in [-0.2, -0.15) is 0 Å². The maximum absolute atomic E-state index is 13.3. The smallest absolute Gasteiger partial charge is 0.344 e. The van der Waals surface area contributed by atoms with E-state index in [1.54, 1.807) is 0 Å². The number of benzene rings is 3. The zero-order valence-electron chi connectivity index (χ0n) is 34.4. The van der Waals surface area contributed by atoms with Crippen molar-refractivity contribution < 1.29 is 23.8 Å². The Kier molecular flexibility index (Phi) is 10.9. The molecule has 0 amide bonds. The molecule has 0 unspecified atom stereocenters. The van der Waals surface area contributed by atoms with Crippen LogP contribution in [-0.4, -0.2) is 47.7 Å². The molecule has 2 heterocycles. The van der Waals surface area contributed by atoms with Crippen molar-refractivity contribution in [3.8, 4) is 11.5 Å². The minimum atomic E-state index is -0.196. The molecule has 0 spiro atoms. The Balaban J connectivity index is 0.000000140. The quantitative estimate of drug-likeness (QED) is 0.129. The van der Waals surface area contributed by atoms with Gasteiger partial charge in [0.05, 0.1) is 5.41 Å². The lowest BCUT2D eigenvalue weighted by molar-refractivity contribution is -0.172. The number of aryl methyl sites for hydroxylation is 2. The molecule has 5 nitrogen and oxygen atoms in total. The van der Waals surface area contributed by atoms with Gasteiger partial charge in [0.1, 0.15) is 40.6 Å². The van der Waals surface area contributed by atoms with Crippen LogP contribution in [0.25, 0.3) is 10.8 Å². The number of rotatable bonds is 8. The summed E-state index contributed by atoms with van der Waals surface area (Å²) >= 11 is 0. The highest BCUT2D eigenvalue weighted by molar-refractivity contribution is 7.97. The summed E-state index contributed by atoms with van der Waals surface area (Å²) in [5.41, 5.74) is 2.14. The lowest BCUT2D eigenvalue weighted by Crippen LogP contribution is -2.51. The van der Waals surface area contributed by atoms with E-state index in [4.69, 9.17) is 14.2 Å². The van der Waals surface area contributed by atoms with Gasteiger partial charge in [0, 0.05) is 32.6 Å². The van der Waals surface area contributed by atoms with Crippen LogP contribution < -0.4 is 9.47 Å². The molecule has 8 bridgehead atoms. The van der Waals surface area contributed by atoms with Crippen molar-refractivity contribution in [3.05, 3.63) is 59.7 Å². The number of hydrogen-bond donors (Lipinski definition) is 0. The van der Waals surface area contributed by atoms with Crippen LogP contribution in [0.4, 0.5) is 0 Å². The van der Waals surface area contributed by atoms with Gasteiger partial charge < -0.3 is 14.2 Å². The van der Waals surface area contributed by atoms with Gasteiger partial charge in [0.25, 0.3) is 0 Å². The maximum Gasteiger partial charge on any atom is 0.344 e. The molecule has 8 saturated carbocycles. The second-order valence-electron chi connectivity index (χ2n) is 19.8. The third-order valence-electron chi connectivity index (χ3n) is 15.7. The van der Waals surface area contributed by atoms with Gasteiger partial charge in [0.15, 0.2) is 16.4 Å². The molecule has 8 aliphatic carbocycles. The topological polar surface area (TPSA) is 61.8 Å². The zero-order valence-corrected chi connectivity index (χ0v) is 36.1. The summed E-state index contributed by atoms with van der Waals surface area (Å²) in [7, 11) is 0.761. The number of carbonyl (C=O) groups excluding carboxylic acids is 2. The molecule has 3 aromatic carbocycles. The number of fused-ring (bicyclic) bond motifs is 1. The normalized spacial score (nSPS) is 33.9. The monoisotopic (exact) mass is 808 g/mol. The first-order chi connectivity index (χ1) is 27.8. The van der Waals surface area contributed by atoms with E-state index in [0.29, 0.717) is 33.6 Å². The first-order valence-corrected chi connectivity index (χ1v) is 25.9. The van der Waals surface area contributed by atoms with Crippen LogP contribution in [-0.2, 0) is 36.1 Å². The highest BCUT2D eigenvalue weighted by atomic mass is 32.2. The molecule has 10 aliphatic rings. The molecule has 0 N–H and O–H groups in total. The Bertz CT molecular complexity index is 1890. The molecular formula is C50H64O5S2+2. The summed E-state index contributed by atoms with van der Waals surface area (Å²) in [6, 6.07) is 17.4. The number of carbonyl (C=O) groups is 2. The Hall–Kier alpha value is -2.64. The van der Waals surface area contributed by atoms with Crippen LogP contribution in [0.3, 0.4) is 0 Å². The van der Waals surface area contributed by atoms with Crippen molar-refractivity contribution in [1.29, 1.82) is 0 Å². The molecule has 13 rings (SSSR count). The van der Waals surface area contributed by atoms with E-state index in [9.17, 15) is 9.59 Å². The van der Waals surface area contributed by atoms with Crippen molar-refractivity contribution >= 4 is 44.5 Å². The summed E-state index contributed by atoms with van der Waals surface area (Å²) in [5.74, 6) is 12.1. The lowest BCUT2D eigenvalue weighted by Gasteiger charge is -2.55. The zero-order chi connectivity index (χ0) is 38.7. The molecule has 3 aromatic rings. The van der Waals surface area contributed by atoms with E-state index in [1.165, 1.54) is 122 Å². The fourth-order valence-electron chi connectivity index (χ4n) is 13.8. The van der Waals surface area contributed by atoms with E-state index in [0.717, 1.165) is 76.9 Å². The first-order valence-electron chi connectivity index (χ1n) is 22.8. The average Bonchev–Trinajstić information content (AvgIpc) is 3.74. The van der Waals surface area contributed by atoms with Crippen LogP contribution in [0.15, 0.2) is 58.3 Å². The molecule has 10 fully saturated rings. The van der Waals surface area contributed by atoms with Crippen LogP contribution in [0.5, 0.6) is 11.5 Å². The SMILES string of the molecule is Cc1cc([S+]2CCCCC2)cc(C)c1OC(=O)C12CC3CC(CC(C3)C1)C2.O=C(COc1ccc([S+]2CCCC2)c2ccccc12)OC1C2CC3CC(C2)CC1C3. The standard InChI is InChI=1S/C26H31O3S.C24H33O2S/c27-25(29-26-19-12-17-11-18(14-19)15-20(26)13-17)16-28-23-7-8-24(30-9-3-4-10-30)22-6-2-1-5-21(22)23;1-16-8-21(27-6-4-3-5-7-27)9-17(2)22(16)26-23(25)24-13-18-10-19(14-24)12-20(11-18)15-24/h1-2,5-8,17-20,26H,3-4,9-16H2;8-9,18-20H,3-7,10-15H2,1-2H3/q2*+1. The second-order valence-corrected chi connectivity index (χ2v) is 24.3. The maximum atomic E-state index is 13.3. The fraction of sp³-hybridized carbons (Fsp3) is 0.640. The molecule has 7 heteroatoms. The Labute approximate surface area is 346 Å². The molecule has 0 radical (unpaired) electrons. The molecule has 2 saturated heterocycles. The van der Waals surface area contributed by atoms with E-state index in [2.05, 4.69) is 62.4 Å². The summed E-state index contributed by atoms with van der Waals surface area (Å²) < 4.78 is 18.2. The summed E-state index contributed by atoms with van der Waals surface area (Å²) in [5, 5.41) is 2.41. The average molecular weight is 809 g/mol.